The van der Waals surface area contributed by atoms with Gasteiger partial charge in [0.2, 0.25) is 5.91 Å². The molecule has 1 atom stereocenters. The van der Waals surface area contributed by atoms with Crippen LogP contribution in [0.1, 0.15) is 32.4 Å². The Hall–Kier alpha value is -2.29. The first kappa shape index (κ1) is 16.8. The van der Waals surface area contributed by atoms with Crippen molar-refractivity contribution in [2.45, 2.75) is 26.8 Å². The second-order valence-electron chi connectivity index (χ2n) is 4.75. The lowest BCUT2D eigenvalue weighted by molar-refractivity contribution is -0.119. The maximum atomic E-state index is 11.0. The molecule has 1 aromatic carbocycles. The summed E-state index contributed by atoms with van der Waals surface area (Å²) in [6.07, 6.45) is 7.67. The van der Waals surface area contributed by atoms with Crippen molar-refractivity contribution in [3.63, 3.8) is 0 Å². The van der Waals surface area contributed by atoms with Crippen LogP contribution in [0.2, 0.25) is 0 Å². The first-order valence-corrected chi connectivity index (χ1v) is 7.01. The number of allylic oxidation sites excluding steroid dienone is 3. The predicted molar refractivity (Wildman–Crippen MR) is 87.3 cm³/mol. The third-order valence-electron chi connectivity index (χ3n) is 2.97. The summed E-state index contributed by atoms with van der Waals surface area (Å²) < 4.78 is 5.71. The van der Waals surface area contributed by atoms with Crippen molar-refractivity contribution in [2.75, 3.05) is 6.61 Å². The van der Waals surface area contributed by atoms with Gasteiger partial charge in [-0.1, -0.05) is 43.0 Å². The zero-order valence-electron chi connectivity index (χ0n) is 12.9. The Balaban J connectivity index is 2.62. The lowest BCUT2D eigenvalue weighted by Crippen LogP contribution is -2.23. The number of ether oxygens (including phenoxy) is 1. The summed E-state index contributed by atoms with van der Waals surface area (Å²) in [5.41, 5.74) is 2.06. The highest BCUT2D eigenvalue weighted by Crippen LogP contribution is 2.18. The van der Waals surface area contributed by atoms with Crippen molar-refractivity contribution >= 4 is 5.91 Å². The maximum Gasteiger partial charge on any atom is 0.217 e. The molecule has 21 heavy (non-hydrogen) atoms. The fourth-order valence-electron chi connectivity index (χ4n) is 1.80. The summed E-state index contributed by atoms with van der Waals surface area (Å²) in [5, 5.41) is 2.85. The first-order valence-electron chi connectivity index (χ1n) is 7.01. The largest absolute Gasteiger partial charge is 0.489 e. The minimum Gasteiger partial charge on any atom is -0.489 e. The highest BCUT2D eigenvalue weighted by atomic mass is 16.5. The summed E-state index contributed by atoms with van der Waals surface area (Å²) in [6, 6.07) is 7.72. The van der Waals surface area contributed by atoms with Crippen LogP contribution < -0.4 is 10.1 Å². The molecular weight excluding hydrogens is 262 g/mol. The van der Waals surface area contributed by atoms with Gasteiger partial charge in [0.05, 0.1) is 6.04 Å². The molecule has 3 nitrogen and oxygen atoms in total. The van der Waals surface area contributed by atoms with Gasteiger partial charge in [-0.3, -0.25) is 4.79 Å². The van der Waals surface area contributed by atoms with Crippen molar-refractivity contribution < 1.29 is 9.53 Å². The number of nitrogens with one attached hydrogen (secondary N) is 1. The van der Waals surface area contributed by atoms with Gasteiger partial charge in [-0.25, -0.2) is 0 Å². The van der Waals surface area contributed by atoms with Crippen LogP contribution in [0.4, 0.5) is 0 Å². The van der Waals surface area contributed by atoms with Crippen LogP contribution in [0.15, 0.2) is 60.7 Å². The number of carbonyl (C=O) groups is 1. The van der Waals surface area contributed by atoms with E-state index in [1.807, 2.05) is 56.3 Å². The molecule has 1 N–H and O–H groups in total. The third-order valence-corrected chi connectivity index (χ3v) is 2.97. The van der Waals surface area contributed by atoms with Gasteiger partial charge in [0, 0.05) is 6.92 Å². The van der Waals surface area contributed by atoms with Gasteiger partial charge in [-0.2, -0.15) is 0 Å². The lowest BCUT2D eigenvalue weighted by Gasteiger charge is -2.13. The standard InChI is InChI=1S/C18H23NO2/c1-5-7-8-16(6-2)13-21-18-11-9-17(10-12-18)14(3)19-15(4)20/h5-12,14H,2,13H2,1,3-4H3,(H,19,20)/b7-5-,16-8+. The molecular formula is C18H23NO2. The number of amides is 1. The van der Waals surface area contributed by atoms with Crippen LogP contribution >= 0.6 is 0 Å². The molecule has 0 heterocycles. The van der Waals surface area contributed by atoms with E-state index >= 15 is 0 Å². The first-order chi connectivity index (χ1) is 10.1. The van der Waals surface area contributed by atoms with Crippen LogP contribution in [0.5, 0.6) is 5.75 Å². The zero-order chi connectivity index (χ0) is 15.7. The Morgan fingerprint density at radius 3 is 2.57 bits per heavy atom. The summed E-state index contributed by atoms with van der Waals surface area (Å²) in [7, 11) is 0. The molecule has 1 amide bonds. The molecule has 0 aromatic heterocycles. The van der Waals surface area contributed by atoms with Gasteiger partial charge in [0.15, 0.2) is 0 Å². The van der Waals surface area contributed by atoms with E-state index in [1.165, 1.54) is 6.92 Å². The molecule has 0 saturated carbocycles. The van der Waals surface area contributed by atoms with Gasteiger partial charge < -0.3 is 10.1 Å². The van der Waals surface area contributed by atoms with Crippen LogP contribution in [0, 0.1) is 0 Å². The monoisotopic (exact) mass is 285 g/mol. The highest BCUT2D eigenvalue weighted by molar-refractivity contribution is 5.73. The molecule has 0 spiro atoms. The van der Waals surface area contributed by atoms with Crippen LogP contribution in [0.25, 0.3) is 0 Å². The summed E-state index contributed by atoms with van der Waals surface area (Å²) in [5.74, 6) is 0.759. The van der Waals surface area contributed by atoms with Crippen molar-refractivity contribution in [3.8, 4) is 5.75 Å². The number of hydrogen-bond donors (Lipinski definition) is 1. The van der Waals surface area contributed by atoms with E-state index in [9.17, 15) is 4.79 Å². The topological polar surface area (TPSA) is 38.3 Å². The second kappa shape index (κ2) is 8.80. The van der Waals surface area contributed by atoms with E-state index in [0.29, 0.717) is 6.61 Å². The molecule has 1 aromatic rings. The van der Waals surface area contributed by atoms with E-state index in [1.54, 1.807) is 6.08 Å². The molecule has 1 unspecified atom stereocenters. The van der Waals surface area contributed by atoms with Crippen molar-refractivity contribution in [1.82, 2.24) is 5.32 Å². The molecule has 0 bridgehead atoms. The second-order valence-corrected chi connectivity index (χ2v) is 4.75. The maximum absolute atomic E-state index is 11.0. The zero-order valence-corrected chi connectivity index (χ0v) is 12.9. The quantitative estimate of drug-likeness (QED) is 0.770. The molecule has 0 aliphatic heterocycles. The Morgan fingerprint density at radius 1 is 1.38 bits per heavy atom. The van der Waals surface area contributed by atoms with Gasteiger partial charge in [-0.15, -0.1) is 0 Å². The molecule has 0 saturated heterocycles. The minimum atomic E-state index is -0.0347. The smallest absolute Gasteiger partial charge is 0.217 e. The Labute approximate surface area is 127 Å². The Kier molecular flexibility index (Phi) is 7.02. The number of carbonyl (C=O) groups excluding carboxylic acids is 1. The van der Waals surface area contributed by atoms with E-state index in [-0.39, 0.29) is 11.9 Å². The SMILES string of the molecule is C=C/C(=C\C=C/C)COc1ccc(C(C)NC(C)=O)cc1. The van der Waals surface area contributed by atoms with Crippen LogP contribution in [0.3, 0.4) is 0 Å². The predicted octanol–water partition coefficient (Wildman–Crippen LogP) is 3.95. The summed E-state index contributed by atoms with van der Waals surface area (Å²) >= 11 is 0. The number of rotatable bonds is 7. The minimum absolute atomic E-state index is 0.00475. The van der Waals surface area contributed by atoms with E-state index < -0.39 is 0 Å². The average Bonchev–Trinajstić information content (AvgIpc) is 2.47. The van der Waals surface area contributed by atoms with E-state index in [4.69, 9.17) is 4.74 Å². The Bertz CT molecular complexity index is 527. The van der Waals surface area contributed by atoms with E-state index in [2.05, 4.69) is 11.9 Å². The van der Waals surface area contributed by atoms with Gasteiger partial charge in [0.25, 0.3) is 0 Å². The Morgan fingerprint density at radius 2 is 2.05 bits per heavy atom. The van der Waals surface area contributed by atoms with E-state index in [0.717, 1.165) is 16.9 Å². The molecule has 0 fully saturated rings. The number of hydrogen-bond acceptors (Lipinski definition) is 2. The molecule has 3 heteroatoms. The molecule has 112 valence electrons. The van der Waals surface area contributed by atoms with Gasteiger partial charge in [-0.05, 0) is 37.1 Å². The van der Waals surface area contributed by atoms with Crippen molar-refractivity contribution in [3.05, 3.63) is 66.3 Å². The molecule has 0 aliphatic rings. The van der Waals surface area contributed by atoms with Crippen LogP contribution in [-0.4, -0.2) is 12.5 Å². The summed E-state index contributed by atoms with van der Waals surface area (Å²) in [4.78, 5) is 11.0. The molecule has 0 radical (unpaired) electrons. The third kappa shape index (κ3) is 6.13. The van der Waals surface area contributed by atoms with Crippen LogP contribution in [-0.2, 0) is 4.79 Å². The molecule has 1 rings (SSSR count). The lowest BCUT2D eigenvalue weighted by atomic mass is 10.1. The fraction of sp³-hybridized carbons (Fsp3) is 0.278. The summed E-state index contributed by atoms with van der Waals surface area (Å²) in [6.45, 7) is 9.68. The normalized spacial score (nSPS) is 13.0. The number of benzene rings is 1. The highest BCUT2D eigenvalue weighted by Gasteiger charge is 2.06. The fourth-order valence-corrected chi connectivity index (χ4v) is 1.80. The van der Waals surface area contributed by atoms with Crippen molar-refractivity contribution in [2.24, 2.45) is 0 Å². The van der Waals surface area contributed by atoms with Gasteiger partial charge >= 0.3 is 0 Å². The van der Waals surface area contributed by atoms with Gasteiger partial charge in [0.1, 0.15) is 12.4 Å². The average molecular weight is 285 g/mol. The van der Waals surface area contributed by atoms with Crippen molar-refractivity contribution in [1.29, 1.82) is 0 Å². The molecule has 0 aliphatic carbocycles.